The van der Waals surface area contributed by atoms with Crippen LogP contribution in [0.3, 0.4) is 0 Å². The van der Waals surface area contributed by atoms with Crippen molar-refractivity contribution in [2.45, 2.75) is 77.8 Å². The van der Waals surface area contributed by atoms with Crippen molar-refractivity contribution in [3.8, 4) is 28.7 Å². The fourth-order valence-corrected chi connectivity index (χ4v) is 5.47. The molecule has 0 saturated heterocycles. The number of aromatic amines is 1. The van der Waals surface area contributed by atoms with Crippen molar-refractivity contribution >= 4 is 17.4 Å². The number of benzene rings is 1. The molecule has 0 radical (unpaired) electrons. The number of ketones is 1. The van der Waals surface area contributed by atoms with Gasteiger partial charge in [0.25, 0.3) is 0 Å². The highest BCUT2D eigenvalue weighted by molar-refractivity contribution is 6.33. The third-order valence-corrected chi connectivity index (χ3v) is 7.67. The van der Waals surface area contributed by atoms with E-state index in [4.69, 9.17) is 16.3 Å². The number of pyridine rings is 1. The quantitative estimate of drug-likeness (QED) is 0.281. The summed E-state index contributed by atoms with van der Waals surface area (Å²) < 4.78 is 47.5. The predicted octanol–water partition coefficient (Wildman–Crippen LogP) is 6.91. The molecule has 7 nitrogen and oxygen atoms in total. The predicted molar refractivity (Wildman–Crippen MR) is 146 cm³/mol. The second-order valence-electron chi connectivity index (χ2n) is 10.1. The molecule has 0 unspecified atom stereocenters. The van der Waals surface area contributed by atoms with E-state index in [1.54, 1.807) is 18.2 Å². The summed E-state index contributed by atoms with van der Waals surface area (Å²) in [6.45, 7) is 4.37. The van der Waals surface area contributed by atoms with E-state index in [0.29, 0.717) is 54.9 Å². The zero-order valence-corrected chi connectivity index (χ0v) is 23.3. The Hall–Kier alpha value is -3.27. The SMILES string of the molecule is CCCc1cc(-c2nc(-c3cc(CCC(=O)C4(C(F)(F)F)CCCCC4)ccc3Cl)[nH]c(=O)n2)cnc1OCC. The first-order chi connectivity index (χ1) is 19.1. The molecule has 1 N–H and O–H groups in total. The van der Waals surface area contributed by atoms with Gasteiger partial charge < -0.3 is 4.74 Å². The molecule has 0 spiro atoms. The van der Waals surface area contributed by atoms with Crippen molar-refractivity contribution in [3.63, 3.8) is 0 Å². The van der Waals surface area contributed by atoms with Gasteiger partial charge in [0, 0.05) is 29.3 Å². The van der Waals surface area contributed by atoms with E-state index in [1.807, 2.05) is 19.9 Å². The number of hydrogen-bond acceptors (Lipinski definition) is 6. The molecular formula is C29H32ClF3N4O3. The van der Waals surface area contributed by atoms with Crippen LogP contribution in [0.4, 0.5) is 13.2 Å². The zero-order valence-electron chi connectivity index (χ0n) is 22.5. The summed E-state index contributed by atoms with van der Waals surface area (Å²) in [7, 11) is 0. The Kier molecular flexibility index (Phi) is 9.28. The summed E-state index contributed by atoms with van der Waals surface area (Å²) in [5, 5.41) is 0.283. The van der Waals surface area contributed by atoms with Gasteiger partial charge in [0.1, 0.15) is 17.0 Å². The first-order valence-electron chi connectivity index (χ1n) is 13.6. The average Bonchev–Trinajstić information content (AvgIpc) is 2.93. The molecule has 1 saturated carbocycles. The number of aryl methyl sites for hydroxylation is 2. The second kappa shape index (κ2) is 12.5. The number of alkyl halides is 3. The molecule has 40 heavy (non-hydrogen) atoms. The molecule has 11 heteroatoms. The fraction of sp³-hybridized carbons (Fsp3) is 0.483. The van der Waals surface area contributed by atoms with Crippen LogP contribution in [-0.2, 0) is 17.6 Å². The highest BCUT2D eigenvalue weighted by Gasteiger charge is 2.58. The molecule has 1 fully saturated rings. The molecule has 4 rings (SSSR count). The number of ether oxygens (including phenoxy) is 1. The van der Waals surface area contributed by atoms with Gasteiger partial charge in [0.2, 0.25) is 5.88 Å². The largest absolute Gasteiger partial charge is 0.478 e. The average molecular weight is 577 g/mol. The summed E-state index contributed by atoms with van der Waals surface area (Å²) in [5.74, 6) is 0.0367. The molecule has 2 heterocycles. The van der Waals surface area contributed by atoms with Gasteiger partial charge in [-0.3, -0.25) is 9.78 Å². The summed E-state index contributed by atoms with van der Waals surface area (Å²) in [4.78, 5) is 40.9. The Bertz CT molecular complexity index is 1420. The van der Waals surface area contributed by atoms with Crippen LogP contribution in [0.2, 0.25) is 5.02 Å². The van der Waals surface area contributed by atoms with Crippen LogP contribution in [0.1, 0.15) is 69.9 Å². The van der Waals surface area contributed by atoms with E-state index < -0.39 is 23.1 Å². The minimum atomic E-state index is -4.57. The molecular weight excluding hydrogens is 545 g/mol. The van der Waals surface area contributed by atoms with E-state index in [0.717, 1.165) is 12.0 Å². The number of nitrogens with zero attached hydrogens (tertiary/aromatic N) is 3. The minimum Gasteiger partial charge on any atom is -0.478 e. The van der Waals surface area contributed by atoms with Crippen molar-refractivity contribution in [2.24, 2.45) is 5.41 Å². The number of carbonyl (C=O) groups is 1. The maximum atomic E-state index is 14.0. The van der Waals surface area contributed by atoms with Gasteiger partial charge >= 0.3 is 11.9 Å². The second-order valence-corrected chi connectivity index (χ2v) is 10.5. The molecule has 214 valence electrons. The topological polar surface area (TPSA) is 97.8 Å². The Morgan fingerprint density at radius 3 is 2.52 bits per heavy atom. The van der Waals surface area contributed by atoms with Crippen LogP contribution in [0.15, 0.2) is 35.3 Å². The first kappa shape index (κ1) is 29.7. The lowest BCUT2D eigenvalue weighted by Gasteiger charge is -2.37. The van der Waals surface area contributed by atoms with E-state index >= 15 is 0 Å². The zero-order chi connectivity index (χ0) is 28.9. The Balaban J connectivity index is 1.62. The van der Waals surface area contributed by atoms with Crippen molar-refractivity contribution in [1.29, 1.82) is 0 Å². The monoisotopic (exact) mass is 576 g/mol. The van der Waals surface area contributed by atoms with Crippen LogP contribution >= 0.6 is 11.6 Å². The van der Waals surface area contributed by atoms with Gasteiger partial charge in [-0.2, -0.15) is 18.2 Å². The fourth-order valence-electron chi connectivity index (χ4n) is 5.26. The number of H-pyrrole nitrogens is 1. The van der Waals surface area contributed by atoms with Crippen molar-refractivity contribution < 1.29 is 22.7 Å². The lowest BCUT2D eigenvalue weighted by molar-refractivity contribution is -0.228. The molecule has 1 aliphatic carbocycles. The summed E-state index contributed by atoms with van der Waals surface area (Å²) in [6, 6.07) is 6.71. The van der Waals surface area contributed by atoms with Crippen LogP contribution in [-0.4, -0.2) is 38.5 Å². The van der Waals surface area contributed by atoms with E-state index in [-0.39, 0.29) is 42.4 Å². The molecule has 1 aliphatic rings. The van der Waals surface area contributed by atoms with Crippen LogP contribution < -0.4 is 10.4 Å². The van der Waals surface area contributed by atoms with Gasteiger partial charge in [-0.25, -0.2) is 14.8 Å². The first-order valence-corrected chi connectivity index (χ1v) is 13.9. The molecule has 2 aromatic heterocycles. The third kappa shape index (κ3) is 6.37. The molecule has 1 aromatic carbocycles. The van der Waals surface area contributed by atoms with Gasteiger partial charge in [0.05, 0.1) is 11.6 Å². The summed E-state index contributed by atoms with van der Waals surface area (Å²) in [6.07, 6.45) is -0.427. The highest BCUT2D eigenvalue weighted by Crippen LogP contribution is 2.50. The number of halogens is 4. The Labute approximate surface area is 235 Å². The van der Waals surface area contributed by atoms with Gasteiger partial charge in [0.15, 0.2) is 5.82 Å². The van der Waals surface area contributed by atoms with Gasteiger partial charge in [-0.05, 0) is 56.4 Å². The number of hydrogen-bond donors (Lipinski definition) is 1. The number of carbonyl (C=O) groups excluding carboxylic acids is 1. The van der Waals surface area contributed by atoms with Gasteiger partial charge in [-0.1, -0.05) is 50.3 Å². The van der Waals surface area contributed by atoms with Crippen LogP contribution in [0, 0.1) is 5.41 Å². The molecule has 0 atom stereocenters. The standard InChI is InChI=1S/C29H32ClF3N4O3/c1-3-8-19-16-20(17-34-26(19)40-4-2)24-35-25(37-27(39)36-24)21-15-18(9-11-22(21)30)10-12-23(38)28(29(31,32)33)13-6-5-7-14-28/h9,11,15-17H,3-8,10,12-14H2,1-2H3,(H,35,36,37,39). The summed E-state index contributed by atoms with van der Waals surface area (Å²) in [5.41, 5.74) is -0.533. The highest BCUT2D eigenvalue weighted by atomic mass is 35.5. The van der Waals surface area contributed by atoms with Crippen molar-refractivity contribution in [1.82, 2.24) is 19.9 Å². The summed E-state index contributed by atoms with van der Waals surface area (Å²) >= 11 is 6.44. The lowest BCUT2D eigenvalue weighted by atomic mass is 9.69. The van der Waals surface area contributed by atoms with E-state index in [1.165, 1.54) is 6.20 Å². The van der Waals surface area contributed by atoms with Crippen molar-refractivity contribution in [2.75, 3.05) is 6.61 Å². The lowest BCUT2D eigenvalue weighted by Crippen LogP contribution is -2.46. The minimum absolute atomic E-state index is 0.103. The maximum Gasteiger partial charge on any atom is 0.401 e. The number of aromatic nitrogens is 4. The number of nitrogens with one attached hydrogen (secondary N) is 1. The Morgan fingerprint density at radius 1 is 1.10 bits per heavy atom. The smallest absolute Gasteiger partial charge is 0.401 e. The molecule has 0 bridgehead atoms. The van der Waals surface area contributed by atoms with Crippen molar-refractivity contribution in [3.05, 3.63) is 57.1 Å². The normalized spacial score (nSPS) is 15.2. The number of rotatable bonds is 10. The molecule has 0 amide bonds. The third-order valence-electron chi connectivity index (χ3n) is 7.34. The Morgan fingerprint density at radius 2 is 1.85 bits per heavy atom. The number of Topliss-reactive ketones (excluding diaryl/α,β-unsaturated/α-hetero) is 1. The van der Waals surface area contributed by atoms with Crippen LogP contribution in [0.25, 0.3) is 22.8 Å². The van der Waals surface area contributed by atoms with E-state index in [9.17, 15) is 22.8 Å². The van der Waals surface area contributed by atoms with Crippen LogP contribution in [0.5, 0.6) is 5.88 Å². The maximum absolute atomic E-state index is 14.0. The van der Waals surface area contributed by atoms with Gasteiger partial charge in [-0.15, -0.1) is 0 Å². The van der Waals surface area contributed by atoms with E-state index in [2.05, 4.69) is 19.9 Å². The molecule has 3 aromatic rings. The molecule has 0 aliphatic heterocycles.